The van der Waals surface area contributed by atoms with Gasteiger partial charge < -0.3 is 5.32 Å². The molecule has 8 heteroatoms. The Kier molecular flexibility index (Phi) is 5.65. The smallest absolute Gasteiger partial charge is 0.295 e. The Hall–Kier alpha value is -3.03. The van der Waals surface area contributed by atoms with Crippen molar-refractivity contribution in [2.75, 3.05) is 5.32 Å². The third kappa shape index (κ3) is 4.27. The Bertz CT molecular complexity index is 1220. The number of hydrogen-bond acceptors (Lipinski definition) is 3. The van der Waals surface area contributed by atoms with E-state index >= 15 is 0 Å². The van der Waals surface area contributed by atoms with Crippen LogP contribution in [-0.4, -0.2) is 20.7 Å². The first kappa shape index (κ1) is 20.3. The highest BCUT2D eigenvalue weighted by Gasteiger charge is 2.20. The predicted octanol–water partition coefficient (Wildman–Crippen LogP) is 6.05. The van der Waals surface area contributed by atoms with Gasteiger partial charge in [-0.25, -0.2) is 14.1 Å². The number of benzene rings is 3. The van der Waals surface area contributed by atoms with Gasteiger partial charge in [-0.15, -0.1) is 5.10 Å². The predicted molar refractivity (Wildman–Crippen MR) is 119 cm³/mol. The normalized spacial score (nSPS) is 10.8. The van der Waals surface area contributed by atoms with E-state index in [0.29, 0.717) is 27.8 Å². The molecule has 0 spiro atoms. The summed E-state index contributed by atoms with van der Waals surface area (Å²) in [7, 11) is 0. The molecule has 0 bridgehead atoms. The van der Waals surface area contributed by atoms with Crippen molar-refractivity contribution >= 4 is 39.1 Å². The van der Waals surface area contributed by atoms with Gasteiger partial charge >= 0.3 is 0 Å². The number of nitrogens with zero attached hydrogens (tertiary/aromatic N) is 3. The average Bonchev–Trinajstić information content (AvgIpc) is 3.17. The third-order valence-electron chi connectivity index (χ3n) is 4.41. The fraction of sp³-hybridized carbons (Fsp3) is 0.0455. The van der Waals surface area contributed by atoms with E-state index in [9.17, 15) is 9.18 Å². The standard InChI is InChI=1S/C22H15BrClFN4O/c1-13-2-7-16(24)12-19(13)29-21(14-3-8-17(25)9-4-14)27-20(28-29)22(30)26-18-10-5-15(23)6-11-18/h2-12H,1H3,(H,26,30). The van der Waals surface area contributed by atoms with Crippen LogP contribution >= 0.6 is 27.5 Å². The maximum atomic E-state index is 13.4. The fourth-order valence-electron chi connectivity index (χ4n) is 2.89. The number of carbonyl (C=O) groups is 1. The number of aromatic nitrogens is 3. The minimum Gasteiger partial charge on any atom is -0.319 e. The number of amides is 1. The molecule has 30 heavy (non-hydrogen) atoms. The van der Waals surface area contributed by atoms with Crippen LogP contribution in [0.25, 0.3) is 17.1 Å². The van der Waals surface area contributed by atoms with Gasteiger partial charge in [0, 0.05) is 20.7 Å². The summed E-state index contributed by atoms with van der Waals surface area (Å²) in [4.78, 5) is 17.2. The van der Waals surface area contributed by atoms with Crippen LogP contribution in [-0.2, 0) is 0 Å². The first-order valence-corrected chi connectivity index (χ1v) is 10.1. The Morgan fingerprint density at radius 3 is 2.47 bits per heavy atom. The lowest BCUT2D eigenvalue weighted by Gasteiger charge is -2.09. The summed E-state index contributed by atoms with van der Waals surface area (Å²) in [6, 6.07) is 18.4. The molecule has 0 aliphatic rings. The van der Waals surface area contributed by atoms with E-state index in [0.717, 1.165) is 10.0 Å². The van der Waals surface area contributed by atoms with Gasteiger partial charge in [0.25, 0.3) is 5.91 Å². The Morgan fingerprint density at radius 1 is 1.07 bits per heavy atom. The molecule has 1 N–H and O–H groups in total. The molecule has 0 saturated heterocycles. The number of anilines is 1. The van der Waals surface area contributed by atoms with E-state index < -0.39 is 5.91 Å². The van der Waals surface area contributed by atoms with Crippen LogP contribution in [0, 0.1) is 12.7 Å². The highest BCUT2D eigenvalue weighted by atomic mass is 79.9. The van der Waals surface area contributed by atoms with Crippen molar-refractivity contribution < 1.29 is 9.18 Å². The van der Waals surface area contributed by atoms with E-state index in [4.69, 9.17) is 11.6 Å². The molecule has 0 aliphatic heterocycles. The molecular weight excluding hydrogens is 471 g/mol. The molecular formula is C22H15BrClFN4O. The molecule has 0 saturated carbocycles. The first-order chi connectivity index (χ1) is 14.4. The summed E-state index contributed by atoms with van der Waals surface area (Å²) < 4.78 is 15.9. The van der Waals surface area contributed by atoms with E-state index in [1.807, 2.05) is 25.1 Å². The van der Waals surface area contributed by atoms with Crippen LogP contribution in [0.3, 0.4) is 0 Å². The molecule has 0 atom stereocenters. The zero-order valence-electron chi connectivity index (χ0n) is 15.7. The number of hydrogen-bond donors (Lipinski definition) is 1. The summed E-state index contributed by atoms with van der Waals surface area (Å²) in [6.45, 7) is 1.91. The maximum Gasteiger partial charge on any atom is 0.295 e. The Morgan fingerprint density at radius 2 is 1.77 bits per heavy atom. The number of carbonyl (C=O) groups excluding carboxylic acids is 1. The van der Waals surface area contributed by atoms with E-state index in [-0.39, 0.29) is 11.6 Å². The second-order valence-electron chi connectivity index (χ2n) is 6.57. The maximum absolute atomic E-state index is 13.4. The molecule has 0 fully saturated rings. The molecule has 0 unspecified atom stereocenters. The van der Waals surface area contributed by atoms with Gasteiger partial charge in [0.15, 0.2) is 5.82 Å². The van der Waals surface area contributed by atoms with Gasteiger partial charge in [-0.1, -0.05) is 33.6 Å². The molecule has 3 aromatic carbocycles. The van der Waals surface area contributed by atoms with Crippen LogP contribution in [0.2, 0.25) is 5.02 Å². The topological polar surface area (TPSA) is 59.8 Å². The molecule has 4 aromatic rings. The molecule has 0 aliphatic carbocycles. The summed E-state index contributed by atoms with van der Waals surface area (Å²) in [5, 5.41) is 7.73. The summed E-state index contributed by atoms with van der Waals surface area (Å²) in [5.74, 6) is -0.436. The SMILES string of the molecule is Cc1ccc(Cl)cc1-n1nc(C(=O)Nc2ccc(Br)cc2)nc1-c1ccc(F)cc1. The van der Waals surface area contributed by atoms with Crippen LogP contribution in [0.15, 0.2) is 71.2 Å². The summed E-state index contributed by atoms with van der Waals surface area (Å²) in [5.41, 5.74) is 2.80. The zero-order chi connectivity index (χ0) is 21.3. The van der Waals surface area contributed by atoms with Gasteiger partial charge in [-0.3, -0.25) is 4.79 Å². The van der Waals surface area contributed by atoms with Crippen molar-refractivity contribution in [1.82, 2.24) is 14.8 Å². The Balaban J connectivity index is 1.79. The van der Waals surface area contributed by atoms with Crippen molar-refractivity contribution in [3.05, 3.63) is 93.4 Å². The van der Waals surface area contributed by atoms with Gasteiger partial charge in [0.05, 0.1) is 5.69 Å². The summed E-state index contributed by atoms with van der Waals surface area (Å²) in [6.07, 6.45) is 0. The van der Waals surface area contributed by atoms with Crippen molar-refractivity contribution in [1.29, 1.82) is 0 Å². The third-order valence-corrected chi connectivity index (χ3v) is 5.18. The highest BCUT2D eigenvalue weighted by Crippen LogP contribution is 2.26. The molecule has 1 heterocycles. The number of nitrogens with one attached hydrogen (secondary N) is 1. The zero-order valence-corrected chi connectivity index (χ0v) is 18.1. The number of rotatable bonds is 4. The minimum absolute atomic E-state index is 0.0170. The fourth-order valence-corrected chi connectivity index (χ4v) is 3.32. The molecule has 150 valence electrons. The van der Waals surface area contributed by atoms with E-state index in [1.165, 1.54) is 12.1 Å². The van der Waals surface area contributed by atoms with Crippen molar-refractivity contribution in [3.63, 3.8) is 0 Å². The molecule has 1 aromatic heterocycles. The largest absolute Gasteiger partial charge is 0.319 e. The lowest BCUT2D eigenvalue weighted by Crippen LogP contribution is -2.14. The minimum atomic E-state index is -0.459. The summed E-state index contributed by atoms with van der Waals surface area (Å²) >= 11 is 9.54. The number of aryl methyl sites for hydroxylation is 1. The van der Waals surface area contributed by atoms with E-state index in [2.05, 4.69) is 31.3 Å². The van der Waals surface area contributed by atoms with Crippen molar-refractivity contribution in [2.24, 2.45) is 0 Å². The Labute approximate surface area is 185 Å². The van der Waals surface area contributed by atoms with Crippen molar-refractivity contribution in [2.45, 2.75) is 6.92 Å². The van der Waals surface area contributed by atoms with Crippen LogP contribution in [0.1, 0.15) is 16.2 Å². The number of halogens is 3. The first-order valence-electron chi connectivity index (χ1n) is 8.97. The average molecular weight is 486 g/mol. The van der Waals surface area contributed by atoms with Gasteiger partial charge in [0.1, 0.15) is 5.82 Å². The second-order valence-corrected chi connectivity index (χ2v) is 7.92. The molecule has 4 rings (SSSR count). The lowest BCUT2D eigenvalue weighted by molar-refractivity contribution is 0.101. The second kappa shape index (κ2) is 8.38. The monoisotopic (exact) mass is 484 g/mol. The van der Waals surface area contributed by atoms with Gasteiger partial charge in [-0.2, -0.15) is 0 Å². The highest BCUT2D eigenvalue weighted by molar-refractivity contribution is 9.10. The molecule has 0 radical (unpaired) electrons. The van der Waals surface area contributed by atoms with E-state index in [1.54, 1.807) is 41.1 Å². The molecule has 1 amide bonds. The van der Waals surface area contributed by atoms with Crippen LogP contribution < -0.4 is 5.32 Å². The molecule has 5 nitrogen and oxygen atoms in total. The van der Waals surface area contributed by atoms with Gasteiger partial charge in [0.2, 0.25) is 5.82 Å². The van der Waals surface area contributed by atoms with Crippen LogP contribution in [0.5, 0.6) is 0 Å². The van der Waals surface area contributed by atoms with Gasteiger partial charge in [-0.05, 0) is 73.2 Å². The van der Waals surface area contributed by atoms with Crippen LogP contribution in [0.4, 0.5) is 10.1 Å². The van der Waals surface area contributed by atoms with Crippen molar-refractivity contribution in [3.8, 4) is 17.1 Å². The lowest BCUT2D eigenvalue weighted by atomic mass is 10.1. The quantitative estimate of drug-likeness (QED) is 0.383.